The van der Waals surface area contributed by atoms with E-state index in [0.29, 0.717) is 6.54 Å². The van der Waals surface area contributed by atoms with Gasteiger partial charge in [-0.05, 0) is 38.2 Å². The summed E-state index contributed by atoms with van der Waals surface area (Å²) < 4.78 is 62.8. The number of fused-ring (bicyclic) bond motifs is 1. The van der Waals surface area contributed by atoms with Crippen LogP contribution in [0.3, 0.4) is 0 Å². The third-order valence-electron chi connectivity index (χ3n) is 5.82. The minimum atomic E-state index is -5.24. The molecule has 7 nitrogen and oxygen atoms in total. The van der Waals surface area contributed by atoms with E-state index >= 15 is 0 Å². The van der Waals surface area contributed by atoms with E-state index in [1.54, 1.807) is 11.9 Å². The van der Waals surface area contributed by atoms with Crippen LogP contribution in [-0.2, 0) is 9.53 Å². The molecule has 1 aliphatic rings. The molecule has 0 amide bonds. The Hall–Kier alpha value is -3.31. The van der Waals surface area contributed by atoms with E-state index in [1.807, 2.05) is 0 Å². The standard InChI is InChI=1S/C23H18ClF4NO6/c1-29-5-4-12(18(9-29)35-22(33)23(26,27)28)19-14(30)7-15(31)20-16(32)8-17(34-21(19)20)11-3-2-10(25)6-13(11)24/h2-3,6-8,12,18,30-31H,4-5,9H2,1H3/t12-,18+/m0/s1. The summed E-state index contributed by atoms with van der Waals surface area (Å²) in [6.07, 6.45) is -6.46. The summed E-state index contributed by atoms with van der Waals surface area (Å²) in [7, 11) is 1.62. The summed E-state index contributed by atoms with van der Waals surface area (Å²) in [6.45, 7) is 0.266. The normalized spacial score (nSPS) is 19.1. The van der Waals surface area contributed by atoms with Gasteiger partial charge in [0.1, 0.15) is 40.1 Å². The number of alkyl halides is 3. The van der Waals surface area contributed by atoms with E-state index in [4.69, 9.17) is 20.8 Å². The largest absolute Gasteiger partial charge is 0.507 e. The fraction of sp³-hybridized carbons (Fsp3) is 0.304. The first-order valence-electron chi connectivity index (χ1n) is 10.3. The number of phenolic OH excluding ortho intramolecular Hbond substituents is 2. The molecule has 0 saturated carbocycles. The Morgan fingerprint density at radius 2 is 1.91 bits per heavy atom. The number of aromatic hydroxyl groups is 2. The van der Waals surface area contributed by atoms with Crippen LogP contribution in [0.4, 0.5) is 17.6 Å². The maximum Gasteiger partial charge on any atom is 0.490 e. The summed E-state index contributed by atoms with van der Waals surface area (Å²) in [5.74, 6) is -5.37. The molecule has 1 fully saturated rings. The first-order valence-corrected chi connectivity index (χ1v) is 10.7. The lowest BCUT2D eigenvalue weighted by Gasteiger charge is -2.36. The summed E-state index contributed by atoms with van der Waals surface area (Å²) in [4.78, 5) is 26.1. The van der Waals surface area contributed by atoms with Gasteiger partial charge in [-0.3, -0.25) is 4.79 Å². The molecular weight excluding hydrogens is 498 g/mol. The van der Waals surface area contributed by atoms with Gasteiger partial charge >= 0.3 is 12.1 Å². The Morgan fingerprint density at radius 3 is 2.57 bits per heavy atom. The fourth-order valence-corrected chi connectivity index (χ4v) is 4.49. The van der Waals surface area contributed by atoms with Gasteiger partial charge < -0.3 is 24.3 Å². The van der Waals surface area contributed by atoms with E-state index in [9.17, 15) is 37.4 Å². The highest BCUT2D eigenvalue weighted by Crippen LogP contribution is 2.44. The van der Waals surface area contributed by atoms with E-state index < -0.39 is 46.9 Å². The minimum absolute atomic E-state index is 0.0882. The Labute approximate surface area is 200 Å². The van der Waals surface area contributed by atoms with Gasteiger partial charge in [0.2, 0.25) is 0 Å². The quantitative estimate of drug-likeness (QED) is 0.390. The molecule has 3 aromatic rings. The van der Waals surface area contributed by atoms with Crippen molar-refractivity contribution in [1.29, 1.82) is 0 Å². The van der Waals surface area contributed by atoms with Crippen molar-refractivity contribution in [3.05, 3.63) is 57.0 Å². The number of ether oxygens (including phenoxy) is 1. The number of likely N-dealkylation sites (N-methyl/N-ethyl adjacent to an activating group) is 1. The number of piperidine rings is 1. The first kappa shape index (κ1) is 24.8. The predicted molar refractivity (Wildman–Crippen MR) is 117 cm³/mol. The number of carbonyl (C=O) groups excluding carboxylic acids is 1. The Bertz CT molecular complexity index is 1370. The van der Waals surface area contributed by atoms with E-state index in [1.165, 1.54) is 6.07 Å². The minimum Gasteiger partial charge on any atom is -0.507 e. The van der Waals surface area contributed by atoms with Gasteiger partial charge in [0.25, 0.3) is 0 Å². The van der Waals surface area contributed by atoms with Crippen LogP contribution in [0.5, 0.6) is 11.5 Å². The lowest BCUT2D eigenvalue weighted by molar-refractivity contribution is -0.207. The molecule has 186 valence electrons. The van der Waals surface area contributed by atoms with Gasteiger partial charge in [-0.25, -0.2) is 9.18 Å². The molecule has 0 spiro atoms. The molecule has 2 atom stereocenters. The average Bonchev–Trinajstić information content (AvgIpc) is 2.73. The van der Waals surface area contributed by atoms with Crippen LogP contribution in [0.2, 0.25) is 5.02 Å². The van der Waals surface area contributed by atoms with Crippen LogP contribution < -0.4 is 5.43 Å². The number of nitrogens with zero attached hydrogens (tertiary/aromatic N) is 1. The fourth-order valence-electron chi connectivity index (χ4n) is 4.23. The number of esters is 1. The summed E-state index contributed by atoms with van der Waals surface area (Å²) in [5.41, 5.74) is -1.03. The third kappa shape index (κ3) is 4.78. The van der Waals surface area contributed by atoms with Crippen LogP contribution in [0.15, 0.2) is 39.5 Å². The SMILES string of the molecule is CN1CC[C@H](c2c(O)cc(O)c3c(=O)cc(-c4ccc(F)cc4Cl)oc23)[C@H](OC(=O)C(F)(F)F)C1. The summed E-state index contributed by atoms with van der Waals surface area (Å²) >= 11 is 6.09. The lowest BCUT2D eigenvalue weighted by atomic mass is 9.85. The van der Waals surface area contributed by atoms with Crippen LogP contribution in [0, 0.1) is 5.82 Å². The Morgan fingerprint density at radius 1 is 1.20 bits per heavy atom. The van der Waals surface area contributed by atoms with Crippen LogP contribution in [0.25, 0.3) is 22.3 Å². The maximum atomic E-state index is 13.5. The zero-order chi connectivity index (χ0) is 25.7. The number of carbonyl (C=O) groups is 1. The molecule has 35 heavy (non-hydrogen) atoms. The molecule has 4 rings (SSSR count). The molecule has 1 aliphatic heterocycles. The molecule has 2 aromatic carbocycles. The van der Waals surface area contributed by atoms with Gasteiger partial charge in [-0.15, -0.1) is 0 Å². The molecule has 0 aliphatic carbocycles. The van der Waals surface area contributed by atoms with Gasteiger partial charge in [0, 0.05) is 35.7 Å². The predicted octanol–water partition coefficient (Wildman–Crippen LogP) is 4.56. The van der Waals surface area contributed by atoms with E-state index in [2.05, 4.69) is 0 Å². The second kappa shape index (κ2) is 9.04. The number of halogens is 5. The highest BCUT2D eigenvalue weighted by molar-refractivity contribution is 6.33. The second-order valence-corrected chi connectivity index (χ2v) is 8.64. The smallest absolute Gasteiger partial charge is 0.490 e. The molecule has 2 N–H and O–H groups in total. The summed E-state index contributed by atoms with van der Waals surface area (Å²) in [5, 5.41) is 20.6. The molecular formula is C23H18ClF4NO6. The third-order valence-corrected chi connectivity index (χ3v) is 6.13. The molecule has 0 unspecified atom stereocenters. The highest BCUT2D eigenvalue weighted by atomic mass is 35.5. The van der Waals surface area contributed by atoms with E-state index in [-0.39, 0.29) is 45.8 Å². The Kier molecular flexibility index (Phi) is 6.41. The monoisotopic (exact) mass is 515 g/mol. The van der Waals surface area contributed by atoms with E-state index in [0.717, 1.165) is 24.3 Å². The second-order valence-electron chi connectivity index (χ2n) is 8.23. The van der Waals surface area contributed by atoms with Crippen molar-refractivity contribution < 1.29 is 41.7 Å². The van der Waals surface area contributed by atoms with Crippen molar-refractivity contribution in [2.75, 3.05) is 20.1 Å². The Balaban J connectivity index is 1.92. The molecule has 1 saturated heterocycles. The van der Waals surface area contributed by atoms with Crippen molar-refractivity contribution >= 4 is 28.5 Å². The zero-order valence-corrected chi connectivity index (χ0v) is 18.8. The molecule has 2 heterocycles. The zero-order valence-electron chi connectivity index (χ0n) is 18.0. The molecule has 1 aromatic heterocycles. The molecule has 0 bridgehead atoms. The number of phenols is 2. The number of hydrogen-bond donors (Lipinski definition) is 2. The molecule has 0 radical (unpaired) electrons. The van der Waals surface area contributed by atoms with Crippen molar-refractivity contribution in [2.45, 2.75) is 24.6 Å². The topological polar surface area (TPSA) is 100 Å². The van der Waals surface area contributed by atoms with Gasteiger partial charge in [0.05, 0.1) is 5.02 Å². The van der Waals surface area contributed by atoms with Crippen molar-refractivity contribution in [3.63, 3.8) is 0 Å². The number of rotatable bonds is 3. The van der Waals surface area contributed by atoms with Gasteiger partial charge in [0.15, 0.2) is 5.43 Å². The number of likely N-dealkylation sites (tertiary alicyclic amines) is 1. The molecule has 12 heteroatoms. The van der Waals surface area contributed by atoms with Crippen molar-refractivity contribution in [2.24, 2.45) is 0 Å². The van der Waals surface area contributed by atoms with Gasteiger partial charge in [-0.2, -0.15) is 13.2 Å². The lowest BCUT2D eigenvalue weighted by Crippen LogP contribution is -2.45. The first-order chi connectivity index (χ1) is 16.4. The van der Waals surface area contributed by atoms with Crippen molar-refractivity contribution in [3.8, 4) is 22.8 Å². The van der Waals surface area contributed by atoms with Crippen LogP contribution in [0.1, 0.15) is 17.9 Å². The van der Waals surface area contributed by atoms with Crippen LogP contribution >= 0.6 is 11.6 Å². The van der Waals surface area contributed by atoms with Gasteiger partial charge in [-0.1, -0.05) is 11.6 Å². The highest BCUT2D eigenvalue weighted by Gasteiger charge is 2.45. The average molecular weight is 516 g/mol. The summed E-state index contributed by atoms with van der Waals surface area (Å²) in [6, 6.07) is 5.22. The van der Waals surface area contributed by atoms with Crippen LogP contribution in [-0.4, -0.2) is 53.5 Å². The number of benzene rings is 2. The number of hydrogen-bond acceptors (Lipinski definition) is 7. The maximum absolute atomic E-state index is 13.5. The van der Waals surface area contributed by atoms with Crippen molar-refractivity contribution in [1.82, 2.24) is 4.90 Å².